The molecule has 0 atom stereocenters. The van der Waals surface area contributed by atoms with Crippen molar-refractivity contribution in [3.63, 3.8) is 0 Å². The van der Waals surface area contributed by atoms with E-state index in [2.05, 4.69) is 22.5 Å². The zero-order valence-electron chi connectivity index (χ0n) is 10.7. The van der Waals surface area contributed by atoms with E-state index in [4.69, 9.17) is 5.11 Å². The molecular formula is C12H17N3O3S. The van der Waals surface area contributed by atoms with Crippen LogP contribution in [0, 0.1) is 5.41 Å². The molecule has 19 heavy (non-hydrogen) atoms. The second-order valence-electron chi connectivity index (χ2n) is 5.10. The standard InChI is InChI=1S/C12H17N3O3S/c1-12(3-4-12)7-14-11(18)13-5-2-9-15-8(6-19-9)10(16)17/h6H,2-5,7H2,1H3,(H,16,17)(H2,13,14,18). The molecule has 0 radical (unpaired) electrons. The topological polar surface area (TPSA) is 91.3 Å². The summed E-state index contributed by atoms with van der Waals surface area (Å²) in [6.07, 6.45) is 2.89. The minimum atomic E-state index is -1.02. The lowest BCUT2D eigenvalue weighted by molar-refractivity contribution is 0.0691. The van der Waals surface area contributed by atoms with Crippen molar-refractivity contribution in [3.05, 3.63) is 16.1 Å². The second-order valence-corrected chi connectivity index (χ2v) is 6.04. The van der Waals surface area contributed by atoms with Crippen LogP contribution in [-0.4, -0.2) is 35.2 Å². The van der Waals surface area contributed by atoms with Crippen LogP contribution in [0.2, 0.25) is 0 Å². The number of amides is 2. The summed E-state index contributed by atoms with van der Waals surface area (Å²) in [6.45, 7) is 3.31. The largest absolute Gasteiger partial charge is 0.476 e. The van der Waals surface area contributed by atoms with Crippen molar-refractivity contribution in [2.75, 3.05) is 13.1 Å². The first-order valence-electron chi connectivity index (χ1n) is 6.18. The van der Waals surface area contributed by atoms with Crippen molar-refractivity contribution in [2.24, 2.45) is 5.41 Å². The molecule has 104 valence electrons. The first-order chi connectivity index (χ1) is 8.98. The van der Waals surface area contributed by atoms with Gasteiger partial charge in [0.2, 0.25) is 0 Å². The third-order valence-corrected chi connectivity index (χ3v) is 4.08. The number of thiazole rings is 1. The fourth-order valence-corrected chi connectivity index (χ4v) is 2.33. The summed E-state index contributed by atoms with van der Waals surface area (Å²) in [6, 6.07) is -0.178. The predicted molar refractivity (Wildman–Crippen MR) is 71.5 cm³/mol. The molecule has 0 bridgehead atoms. The van der Waals surface area contributed by atoms with Crippen LogP contribution in [0.1, 0.15) is 35.3 Å². The van der Waals surface area contributed by atoms with Gasteiger partial charge in [-0.15, -0.1) is 11.3 Å². The molecule has 3 N–H and O–H groups in total. The van der Waals surface area contributed by atoms with Gasteiger partial charge in [0.25, 0.3) is 0 Å². The Morgan fingerprint density at radius 1 is 1.47 bits per heavy atom. The maximum atomic E-state index is 11.5. The van der Waals surface area contributed by atoms with Crippen LogP contribution in [0.15, 0.2) is 5.38 Å². The van der Waals surface area contributed by atoms with E-state index in [1.807, 2.05) is 0 Å². The van der Waals surface area contributed by atoms with E-state index in [9.17, 15) is 9.59 Å². The molecule has 0 saturated heterocycles. The molecule has 1 aliphatic rings. The Labute approximate surface area is 115 Å². The van der Waals surface area contributed by atoms with E-state index in [1.54, 1.807) is 0 Å². The summed E-state index contributed by atoms with van der Waals surface area (Å²) in [5.74, 6) is -1.02. The van der Waals surface area contributed by atoms with Gasteiger partial charge in [-0.25, -0.2) is 14.6 Å². The summed E-state index contributed by atoms with van der Waals surface area (Å²) in [7, 11) is 0. The van der Waals surface area contributed by atoms with E-state index >= 15 is 0 Å². The van der Waals surface area contributed by atoms with Crippen molar-refractivity contribution < 1.29 is 14.7 Å². The van der Waals surface area contributed by atoms with Gasteiger partial charge in [-0.05, 0) is 18.3 Å². The van der Waals surface area contributed by atoms with E-state index in [-0.39, 0.29) is 11.7 Å². The molecule has 1 aromatic rings. The Bertz CT molecular complexity index is 482. The van der Waals surface area contributed by atoms with Gasteiger partial charge in [-0.2, -0.15) is 0 Å². The van der Waals surface area contributed by atoms with Crippen LogP contribution >= 0.6 is 11.3 Å². The fraction of sp³-hybridized carbons (Fsp3) is 0.583. The molecule has 6 nitrogen and oxygen atoms in total. The number of carbonyl (C=O) groups is 2. The minimum Gasteiger partial charge on any atom is -0.476 e. The Morgan fingerprint density at radius 2 is 2.21 bits per heavy atom. The van der Waals surface area contributed by atoms with E-state index in [0.29, 0.717) is 29.9 Å². The molecule has 2 amide bonds. The first-order valence-corrected chi connectivity index (χ1v) is 7.06. The van der Waals surface area contributed by atoms with Gasteiger partial charge in [-0.1, -0.05) is 6.92 Å². The van der Waals surface area contributed by atoms with E-state index < -0.39 is 5.97 Å². The molecular weight excluding hydrogens is 266 g/mol. The number of carboxylic acids is 1. The molecule has 0 aromatic carbocycles. The predicted octanol–water partition coefficient (Wildman–Crippen LogP) is 1.48. The van der Waals surface area contributed by atoms with Gasteiger partial charge in [0.05, 0.1) is 5.01 Å². The van der Waals surface area contributed by atoms with Crippen molar-refractivity contribution in [1.29, 1.82) is 0 Å². The van der Waals surface area contributed by atoms with Gasteiger partial charge in [-0.3, -0.25) is 0 Å². The molecule has 2 rings (SSSR count). The minimum absolute atomic E-state index is 0.0612. The maximum Gasteiger partial charge on any atom is 0.355 e. The van der Waals surface area contributed by atoms with Crippen LogP contribution in [0.4, 0.5) is 4.79 Å². The van der Waals surface area contributed by atoms with Gasteiger partial charge in [0.15, 0.2) is 5.69 Å². The lowest BCUT2D eigenvalue weighted by Gasteiger charge is -2.10. The Balaban J connectivity index is 1.64. The highest BCUT2D eigenvalue weighted by molar-refractivity contribution is 7.09. The molecule has 0 spiro atoms. The van der Waals surface area contributed by atoms with Gasteiger partial charge in [0.1, 0.15) is 0 Å². The van der Waals surface area contributed by atoms with Crippen LogP contribution in [0.5, 0.6) is 0 Å². The number of hydrogen-bond donors (Lipinski definition) is 3. The number of urea groups is 1. The van der Waals surface area contributed by atoms with Gasteiger partial charge >= 0.3 is 12.0 Å². The number of aromatic carboxylic acids is 1. The third kappa shape index (κ3) is 4.20. The Kier molecular flexibility index (Phi) is 4.04. The fourth-order valence-electron chi connectivity index (χ4n) is 1.55. The Morgan fingerprint density at radius 3 is 2.79 bits per heavy atom. The van der Waals surface area contributed by atoms with Gasteiger partial charge < -0.3 is 15.7 Å². The number of hydrogen-bond acceptors (Lipinski definition) is 4. The summed E-state index contributed by atoms with van der Waals surface area (Å²) >= 11 is 1.29. The average Bonchev–Trinajstić information content (AvgIpc) is 2.91. The van der Waals surface area contributed by atoms with Crippen molar-refractivity contribution in [1.82, 2.24) is 15.6 Å². The zero-order valence-corrected chi connectivity index (χ0v) is 11.5. The highest BCUT2D eigenvalue weighted by Gasteiger charge is 2.37. The van der Waals surface area contributed by atoms with Crippen LogP contribution in [-0.2, 0) is 6.42 Å². The molecule has 1 heterocycles. The lowest BCUT2D eigenvalue weighted by Crippen LogP contribution is -2.39. The van der Waals surface area contributed by atoms with Crippen molar-refractivity contribution in [2.45, 2.75) is 26.2 Å². The molecule has 0 unspecified atom stereocenters. The number of nitrogens with zero attached hydrogens (tertiary/aromatic N) is 1. The molecule has 1 saturated carbocycles. The maximum absolute atomic E-state index is 11.5. The molecule has 0 aliphatic heterocycles. The van der Waals surface area contributed by atoms with E-state index in [0.717, 1.165) is 0 Å². The quantitative estimate of drug-likeness (QED) is 0.737. The van der Waals surface area contributed by atoms with Gasteiger partial charge in [0, 0.05) is 24.9 Å². The summed E-state index contributed by atoms with van der Waals surface area (Å²) in [5.41, 5.74) is 0.356. The van der Waals surface area contributed by atoms with Crippen molar-refractivity contribution in [3.8, 4) is 0 Å². The zero-order chi connectivity index (χ0) is 13.9. The summed E-state index contributed by atoms with van der Waals surface area (Å²) in [4.78, 5) is 26.1. The SMILES string of the molecule is CC1(CNC(=O)NCCc2nc(C(=O)O)cs2)CC1. The van der Waals surface area contributed by atoms with Crippen molar-refractivity contribution >= 4 is 23.3 Å². The molecule has 1 aliphatic carbocycles. The number of carbonyl (C=O) groups excluding carboxylic acids is 1. The highest BCUT2D eigenvalue weighted by Crippen LogP contribution is 2.43. The highest BCUT2D eigenvalue weighted by atomic mass is 32.1. The monoisotopic (exact) mass is 283 g/mol. The second kappa shape index (κ2) is 5.56. The van der Waals surface area contributed by atoms with Crippen LogP contribution in [0.3, 0.4) is 0 Å². The smallest absolute Gasteiger partial charge is 0.355 e. The normalized spacial score (nSPS) is 15.8. The molecule has 1 aromatic heterocycles. The summed E-state index contributed by atoms with van der Waals surface area (Å²) < 4.78 is 0. The average molecular weight is 283 g/mol. The number of nitrogens with one attached hydrogen (secondary N) is 2. The number of rotatable bonds is 6. The van der Waals surface area contributed by atoms with Crippen LogP contribution < -0.4 is 10.6 Å². The third-order valence-electron chi connectivity index (χ3n) is 3.17. The molecule has 7 heteroatoms. The number of aromatic nitrogens is 1. The van der Waals surface area contributed by atoms with E-state index in [1.165, 1.54) is 29.6 Å². The Hall–Kier alpha value is -1.63. The summed E-state index contributed by atoms with van der Waals surface area (Å²) in [5, 5.41) is 16.5. The van der Waals surface area contributed by atoms with Crippen LogP contribution in [0.25, 0.3) is 0 Å². The molecule has 1 fully saturated rings. The first kappa shape index (κ1) is 13.8. The lowest BCUT2D eigenvalue weighted by atomic mass is 10.1. The number of carboxylic acid groups (broad SMARTS) is 1.